The Hall–Kier alpha value is -2.53. The summed E-state index contributed by atoms with van der Waals surface area (Å²) in [6.07, 6.45) is 0. The largest absolute Gasteiger partial charge is 0.454 e. The van der Waals surface area contributed by atoms with E-state index in [1.54, 1.807) is 30.2 Å². The van der Waals surface area contributed by atoms with Crippen molar-refractivity contribution in [2.45, 2.75) is 0 Å². The highest BCUT2D eigenvalue weighted by Gasteiger charge is 2.27. The first-order chi connectivity index (χ1) is 10.2. The minimum Gasteiger partial charge on any atom is -0.454 e. The number of fused-ring (bicyclic) bond motifs is 2. The molecule has 3 rings (SSSR count). The van der Waals surface area contributed by atoms with Crippen LogP contribution in [0.15, 0.2) is 42.5 Å². The summed E-state index contributed by atoms with van der Waals surface area (Å²) in [4.78, 5) is 14.4. The van der Waals surface area contributed by atoms with E-state index in [0.29, 0.717) is 35.9 Å². The van der Waals surface area contributed by atoms with Crippen molar-refractivity contribution >= 4 is 17.3 Å². The lowest BCUT2D eigenvalue weighted by atomic mass is 10.1. The molecule has 21 heavy (non-hydrogen) atoms. The zero-order valence-corrected chi connectivity index (χ0v) is 11.7. The Labute approximate surface area is 122 Å². The minimum atomic E-state index is -0.140. The second-order valence-corrected chi connectivity index (χ2v) is 4.77. The first-order valence-corrected chi connectivity index (χ1v) is 6.68. The lowest BCUT2D eigenvalue weighted by molar-refractivity contribution is 0.0976. The Bertz CT molecular complexity index is 685. The van der Waals surface area contributed by atoms with Crippen molar-refractivity contribution in [2.75, 3.05) is 30.9 Å². The van der Waals surface area contributed by atoms with Crippen molar-refractivity contribution in [1.82, 2.24) is 0 Å². The van der Waals surface area contributed by atoms with Gasteiger partial charge in [0, 0.05) is 19.3 Å². The molecule has 0 aromatic heterocycles. The van der Waals surface area contributed by atoms with E-state index in [2.05, 4.69) is 0 Å². The Morgan fingerprint density at radius 3 is 2.81 bits per heavy atom. The molecular formula is C16H16N2O3. The minimum absolute atomic E-state index is 0.140. The number of methoxy groups -OCH3 is 1. The molecule has 0 radical (unpaired) electrons. The van der Waals surface area contributed by atoms with Crippen LogP contribution in [-0.4, -0.2) is 26.2 Å². The number of benzene rings is 2. The van der Waals surface area contributed by atoms with Gasteiger partial charge in [-0.25, -0.2) is 0 Å². The van der Waals surface area contributed by atoms with Crippen LogP contribution < -0.4 is 15.4 Å². The van der Waals surface area contributed by atoms with Crippen LogP contribution in [0.1, 0.15) is 10.4 Å². The lowest BCUT2D eigenvalue weighted by Gasteiger charge is -2.21. The van der Waals surface area contributed by atoms with Gasteiger partial charge < -0.3 is 20.1 Å². The number of anilines is 2. The highest BCUT2D eigenvalue weighted by atomic mass is 16.5. The Kier molecular flexibility index (Phi) is 3.50. The third-order valence-corrected chi connectivity index (χ3v) is 3.37. The van der Waals surface area contributed by atoms with E-state index in [0.717, 1.165) is 5.69 Å². The van der Waals surface area contributed by atoms with Crippen molar-refractivity contribution in [2.24, 2.45) is 0 Å². The van der Waals surface area contributed by atoms with Crippen LogP contribution in [-0.2, 0) is 4.74 Å². The summed E-state index contributed by atoms with van der Waals surface area (Å²) in [5, 5.41) is 0. The quantitative estimate of drug-likeness (QED) is 0.880. The summed E-state index contributed by atoms with van der Waals surface area (Å²) >= 11 is 0. The van der Waals surface area contributed by atoms with E-state index in [9.17, 15) is 4.79 Å². The molecule has 1 aliphatic rings. The number of nitrogens with two attached hydrogens (primary N) is 1. The average Bonchev–Trinajstić information content (AvgIpc) is 2.61. The van der Waals surface area contributed by atoms with Gasteiger partial charge in [0.2, 0.25) is 0 Å². The normalized spacial score (nSPS) is 13.2. The molecule has 1 aliphatic heterocycles. The van der Waals surface area contributed by atoms with Crippen molar-refractivity contribution in [3.63, 3.8) is 0 Å². The summed E-state index contributed by atoms with van der Waals surface area (Å²) in [5.41, 5.74) is 7.52. The zero-order valence-electron chi connectivity index (χ0n) is 11.7. The lowest BCUT2D eigenvalue weighted by Crippen LogP contribution is -2.33. The smallest absolute Gasteiger partial charge is 0.262 e. The van der Waals surface area contributed by atoms with Crippen LogP contribution in [0.2, 0.25) is 0 Å². The fourth-order valence-electron chi connectivity index (χ4n) is 2.35. The third kappa shape index (κ3) is 2.43. The predicted molar refractivity (Wildman–Crippen MR) is 80.9 cm³/mol. The second-order valence-electron chi connectivity index (χ2n) is 4.77. The summed E-state index contributed by atoms with van der Waals surface area (Å²) in [5.74, 6) is 1.02. The van der Waals surface area contributed by atoms with Gasteiger partial charge in [-0.2, -0.15) is 0 Å². The van der Waals surface area contributed by atoms with E-state index >= 15 is 0 Å². The van der Waals surface area contributed by atoms with Gasteiger partial charge in [0.1, 0.15) is 5.75 Å². The van der Waals surface area contributed by atoms with Crippen LogP contribution in [0.5, 0.6) is 11.5 Å². The highest BCUT2D eigenvalue weighted by molar-refractivity contribution is 6.10. The SMILES string of the molecule is COCCN1C(=O)c2cc(N)ccc2Oc2ccccc21. The summed E-state index contributed by atoms with van der Waals surface area (Å²) in [6, 6.07) is 12.5. The number of hydrogen-bond acceptors (Lipinski definition) is 4. The number of rotatable bonds is 3. The van der Waals surface area contributed by atoms with Gasteiger partial charge in [0.25, 0.3) is 5.91 Å². The highest BCUT2D eigenvalue weighted by Crippen LogP contribution is 2.39. The maximum Gasteiger partial charge on any atom is 0.262 e. The number of amides is 1. The molecule has 0 spiro atoms. The van der Waals surface area contributed by atoms with Crippen LogP contribution >= 0.6 is 0 Å². The molecule has 0 atom stereocenters. The third-order valence-electron chi connectivity index (χ3n) is 3.37. The standard InChI is InChI=1S/C16H16N2O3/c1-20-9-8-18-13-4-2-3-5-15(13)21-14-7-6-11(17)10-12(14)16(18)19/h2-7,10H,8-9,17H2,1H3. The number of para-hydroxylation sites is 2. The van der Waals surface area contributed by atoms with Crippen molar-refractivity contribution in [3.8, 4) is 11.5 Å². The zero-order chi connectivity index (χ0) is 14.8. The van der Waals surface area contributed by atoms with Crippen LogP contribution in [0.4, 0.5) is 11.4 Å². The predicted octanol–water partition coefficient (Wildman–Crippen LogP) is 2.67. The maximum absolute atomic E-state index is 12.8. The first-order valence-electron chi connectivity index (χ1n) is 6.68. The number of ether oxygens (including phenoxy) is 2. The Morgan fingerprint density at radius 2 is 2.00 bits per heavy atom. The molecular weight excluding hydrogens is 268 g/mol. The van der Waals surface area contributed by atoms with Crippen LogP contribution in [0.3, 0.4) is 0 Å². The van der Waals surface area contributed by atoms with Crippen molar-refractivity contribution in [1.29, 1.82) is 0 Å². The Morgan fingerprint density at radius 1 is 1.19 bits per heavy atom. The molecule has 2 N–H and O–H groups in total. The number of hydrogen-bond donors (Lipinski definition) is 1. The van der Waals surface area contributed by atoms with E-state index in [4.69, 9.17) is 15.2 Å². The first kappa shape index (κ1) is 13.5. The second kappa shape index (κ2) is 5.46. The average molecular weight is 284 g/mol. The summed E-state index contributed by atoms with van der Waals surface area (Å²) in [6.45, 7) is 0.891. The van der Waals surface area contributed by atoms with Crippen LogP contribution in [0, 0.1) is 0 Å². The molecule has 2 aromatic carbocycles. The fraction of sp³-hybridized carbons (Fsp3) is 0.188. The van der Waals surface area contributed by atoms with Gasteiger partial charge in [-0.15, -0.1) is 0 Å². The van der Waals surface area contributed by atoms with Gasteiger partial charge in [0.15, 0.2) is 5.75 Å². The topological polar surface area (TPSA) is 64.8 Å². The molecule has 2 aromatic rings. The van der Waals surface area contributed by atoms with E-state index < -0.39 is 0 Å². The molecule has 0 fully saturated rings. The molecule has 0 aliphatic carbocycles. The number of nitrogens with zero attached hydrogens (tertiary/aromatic N) is 1. The van der Waals surface area contributed by atoms with Gasteiger partial charge in [-0.3, -0.25) is 4.79 Å². The van der Waals surface area contributed by atoms with Gasteiger partial charge in [0.05, 0.1) is 17.9 Å². The van der Waals surface area contributed by atoms with Crippen LogP contribution in [0.25, 0.3) is 0 Å². The van der Waals surface area contributed by atoms with Gasteiger partial charge in [-0.1, -0.05) is 12.1 Å². The molecule has 1 heterocycles. The summed E-state index contributed by atoms with van der Waals surface area (Å²) in [7, 11) is 1.61. The monoisotopic (exact) mass is 284 g/mol. The van der Waals surface area contributed by atoms with E-state index in [-0.39, 0.29) is 5.91 Å². The molecule has 0 saturated heterocycles. The van der Waals surface area contributed by atoms with Gasteiger partial charge >= 0.3 is 0 Å². The summed E-state index contributed by atoms with van der Waals surface area (Å²) < 4.78 is 11.0. The van der Waals surface area contributed by atoms with Crippen molar-refractivity contribution in [3.05, 3.63) is 48.0 Å². The van der Waals surface area contributed by atoms with Crippen molar-refractivity contribution < 1.29 is 14.3 Å². The molecule has 0 unspecified atom stereocenters. The number of nitrogen functional groups attached to an aromatic ring is 1. The molecule has 108 valence electrons. The van der Waals surface area contributed by atoms with E-state index in [1.807, 2.05) is 24.3 Å². The fourth-order valence-corrected chi connectivity index (χ4v) is 2.35. The molecule has 0 saturated carbocycles. The number of carbonyl (C=O) groups is 1. The maximum atomic E-state index is 12.8. The molecule has 0 bridgehead atoms. The molecule has 5 heteroatoms. The molecule has 5 nitrogen and oxygen atoms in total. The molecule has 1 amide bonds. The van der Waals surface area contributed by atoms with E-state index in [1.165, 1.54) is 0 Å². The van der Waals surface area contributed by atoms with Gasteiger partial charge in [-0.05, 0) is 30.3 Å². The Balaban J connectivity index is 2.13. The number of carbonyl (C=O) groups excluding carboxylic acids is 1.